The van der Waals surface area contributed by atoms with Gasteiger partial charge in [-0.25, -0.2) is 13.4 Å². The van der Waals surface area contributed by atoms with E-state index in [-0.39, 0.29) is 17.6 Å². The summed E-state index contributed by atoms with van der Waals surface area (Å²) in [6.45, 7) is 1.65. The molecule has 0 amide bonds. The van der Waals surface area contributed by atoms with Crippen LogP contribution < -0.4 is 0 Å². The molecule has 112 valence electrons. The molecule has 6 nitrogen and oxygen atoms in total. The Morgan fingerprint density at radius 3 is 2.85 bits per heavy atom. The summed E-state index contributed by atoms with van der Waals surface area (Å²) in [5.74, 6) is 0.236. The number of aliphatic hydroxyl groups excluding tert-OH is 1. The van der Waals surface area contributed by atoms with Crippen LogP contribution in [0, 0.1) is 5.92 Å². The molecule has 1 N–H and O–H groups in total. The molecule has 1 saturated heterocycles. The highest BCUT2D eigenvalue weighted by Crippen LogP contribution is 2.18. The molecule has 1 aliphatic heterocycles. The third-order valence-electron chi connectivity index (χ3n) is 3.42. The number of hydrogen-bond acceptors (Lipinski definition) is 5. The summed E-state index contributed by atoms with van der Waals surface area (Å²) in [7, 11) is -2.02. The Hall–Kier alpha value is -1.02. The maximum atomic E-state index is 12.4. The molecule has 1 fully saturated rings. The maximum Gasteiger partial charge on any atom is 0.260 e. The maximum absolute atomic E-state index is 12.4. The fourth-order valence-corrected chi connectivity index (χ4v) is 3.38. The molecular weight excluding hydrogens is 280 g/mol. The molecule has 2 heterocycles. The van der Waals surface area contributed by atoms with Crippen LogP contribution >= 0.6 is 0 Å². The molecule has 20 heavy (non-hydrogen) atoms. The van der Waals surface area contributed by atoms with Gasteiger partial charge in [-0.05, 0) is 30.4 Å². The van der Waals surface area contributed by atoms with Crippen molar-refractivity contribution in [1.29, 1.82) is 0 Å². The van der Waals surface area contributed by atoms with Crippen LogP contribution in [-0.4, -0.2) is 49.6 Å². The monoisotopic (exact) mass is 300 g/mol. The van der Waals surface area contributed by atoms with Crippen molar-refractivity contribution in [3.05, 3.63) is 23.9 Å². The Balaban J connectivity index is 2.07. The highest BCUT2D eigenvalue weighted by Gasteiger charge is 2.26. The van der Waals surface area contributed by atoms with Gasteiger partial charge < -0.3 is 9.84 Å². The Morgan fingerprint density at radius 2 is 2.30 bits per heavy atom. The average molecular weight is 300 g/mol. The Morgan fingerprint density at radius 1 is 1.50 bits per heavy atom. The van der Waals surface area contributed by atoms with E-state index in [1.165, 1.54) is 16.6 Å². The van der Waals surface area contributed by atoms with Crippen molar-refractivity contribution in [1.82, 2.24) is 9.29 Å². The first-order valence-electron chi connectivity index (χ1n) is 6.64. The molecule has 7 heteroatoms. The van der Waals surface area contributed by atoms with Crippen molar-refractivity contribution < 1.29 is 18.3 Å². The van der Waals surface area contributed by atoms with Gasteiger partial charge in [0.1, 0.15) is 0 Å². The molecule has 0 aromatic carbocycles. The number of hydrogen-bond donors (Lipinski definition) is 1. The summed E-state index contributed by atoms with van der Waals surface area (Å²) in [6, 6.07) is 2.99. The fraction of sp³-hybridized carbons (Fsp3) is 0.615. The number of aromatic nitrogens is 1. The summed E-state index contributed by atoms with van der Waals surface area (Å²) < 4.78 is 31.4. The van der Waals surface area contributed by atoms with Gasteiger partial charge >= 0.3 is 0 Å². The highest BCUT2D eigenvalue weighted by atomic mass is 32.2. The van der Waals surface area contributed by atoms with Crippen molar-refractivity contribution >= 4 is 10.0 Å². The van der Waals surface area contributed by atoms with Gasteiger partial charge in [0.25, 0.3) is 10.0 Å². The molecule has 0 saturated carbocycles. The van der Waals surface area contributed by atoms with E-state index in [2.05, 4.69) is 4.98 Å². The van der Waals surface area contributed by atoms with E-state index in [4.69, 9.17) is 9.84 Å². The Labute approximate surface area is 119 Å². The number of pyridine rings is 1. The largest absolute Gasteiger partial charge is 0.392 e. The van der Waals surface area contributed by atoms with Gasteiger partial charge in [0.05, 0.1) is 13.2 Å². The molecule has 0 aliphatic carbocycles. The van der Waals surface area contributed by atoms with Crippen LogP contribution in [0.3, 0.4) is 0 Å². The first-order valence-corrected chi connectivity index (χ1v) is 8.08. The minimum atomic E-state index is -3.58. The molecule has 0 spiro atoms. The molecule has 0 radical (unpaired) electrons. The topological polar surface area (TPSA) is 79.7 Å². The van der Waals surface area contributed by atoms with Crippen LogP contribution in [0.5, 0.6) is 0 Å². The van der Waals surface area contributed by atoms with Crippen LogP contribution in [0.1, 0.15) is 18.4 Å². The van der Waals surface area contributed by atoms with E-state index >= 15 is 0 Å². The number of nitrogens with zero attached hydrogens (tertiary/aromatic N) is 2. The zero-order chi connectivity index (χ0) is 14.6. The van der Waals surface area contributed by atoms with Crippen molar-refractivity contribution in [2.75, 3.05) is 26.8 Å². The second-order valence-electron chi connectivity index (χ2n) is 5.03. The van der Waals surface area contributed by atoms with Crippen molar-refractivity contribution in [3.8, 4) is 0 Å². The van der Waals surface area contributed by atoms with Gasteiger partial charge in [-0.2, -0.15) is 4.31 Å². The van der Waals surface area contributed by atoms with Gasteiger partial charge in [-0.1, -0.05) is 6.07 Å². The van der Waals surface area contributed by atoms with Crippen molar-refractivity contribution in [3.63, 3.8) is 0 Å². The summed E-state index contributed by atoms with van der Waals surface area (Å²) in [5, 5.41) is 8.95. The van der Waals surface area contributed by atoms with Gasteiger partial charge in [0.2, 0.25) is 0 Å². The van der Waals surface area contributed by atoms with Crippen molar-refractivity contribution in [2.24, 2.45) is 5.92 Å². The summed E-state index contributed by atoms with van der Waals surface area (Å²) in [6.07, 6.45) is 3.34. The van der Waals surface area contributed by atoms with Gasteiger partial charge in [0, 0.05) is 26.4 Å². The number of ether oxygens (including phenoxy) is 1. The Bertz CT molecular complexity index is 524. The molecule has 1 atom stereocenters. The lowest BCUT2D eigenvalue weighted by Gasteiger charge is -2.26. The van der Waals surface area contributed by atoms with Crippen LogP contribution in [-0.2, 0) is 21.4 Å². The van der Waals surface area contributed by atoms with E-state index < -0.39 is 10.0 Å². The van der Waals surface area contributed by atoms with Crippen LogP contribution in [0.25, 0.3) is 0 Å². The van der Waals surface area contributed by atoms with E-state index in [1.54, 1.807) is 13.1 Å². The standard InChI is InChI=1S/C13H20N2O4S/c1-15(8-12-3-2-6-19-10-12)20(17,18)13-5-4-11(9-16)7-14-13/h4-5,7,12,16H,2-3,6,8-10H2,1H3. The van der Waals surface area contributed by atoms with E-state index in [9.17, 15) is 8.42 Å². The highest BCUT2D eigenvalue weighted by molar-refractivity contribution is 7.89. The molecule has 1 aliphatic rings. The van der Waals surface area contributed by atoms with E-state index in [0.29, 0.717) is 18.7 Å². The molecule has 1 aromatic rings. The molecule has 0 bridgehead atoms. The fourth-order valence-electron chi connectivity index (χ4n) is 2.23. The molecule has 1 unspecified atom stereocenters. The van der Waals surface area contributed by atoms with E-state index in [0.717, 1.165) is 19.4 Å². The molecular formula is C13H20N2O4S. The van der Waals surface area contributed by atoms with Gasteiger partial charge in [0.15, 0.2) is 5.03 Å². The van der Waals surface area contributed by atoms with Crippen molar-refractivity contribution in [2.45, 2.75) is 24.5 Å². The number of rotatable bonds is 5. The smallest absolute Gasteiger partial charge is 0.260 e. The lowest BCUT2D eigenvalue weighted by molar-refractivity contribution is 0.0495. The summed E-state index contributed by atoms with van der Waals surface area (Å²) in [5.41, 5.74) is 0.590. The average Bonchev–Trinajstić information content (AvgIpc) is 2.48. The third-order valence-corrected chi connectivity index (χ3v) is 5.16. The summed E-state index contributed by atoms with van der Waals surface area (Å²) >= 11 is 0. The normalized spacial score (nSPS) is 20.2. The van der Waals surface area contributed by atoms with Gasteiger partial charge in [-0.15, -0.1) is 0 Å². The number of sulfonamides is 1. The van der Waals surface area contributed by atoms with Crippen LogP contribution in [0.4, 0.5) is 0 Å². The first kappa shape index (κ1) is 15.4. The second kappa shape index (κ2) is 6.62. The van der Waals surface area contributed by atoms with Crippen LogP contribution in [0.2, 0.25) is 0 Å². The quantitative estimate of drug-likeness (QED) is 0.862. The first-order chi connectivity index (χ1) is 9.54. The number of aliphatic hydroxyl groups is 1. The predicted octanol–water partition coefficient (Wildman–Crippen LogP) is 0.621. The third kappa shape index (κ3) is 3.54. The Kier molecular flexibility index (Phi) is 5.09. The van der Waals surface area contributed by atoms with Gasteiger partial charge in [-0.3, -0.25) is 0 Å². The van der Waals surface area contributed by atoms with Crippen LogP contribution in [0.15, 0.2) is 23.4 Å². The summed E-state index contributed by atoms with van der Waals surface area (Å²) in [4.78, 5) is 3.91. The van der Waals surface area contributed by atoms with E-state index in [1.807, 2.05) is 0 Å². The molecule has 2 rings (SSSR count). The molecule has 1 aromatic heterocycles. The lowest BCUT2D eigenvalue weighted by atomic mass is 10.0. The minimum absolute atomic E-state index is 0.00827. The lowest BCUT2D eigenvalue weighted by Crippen LogP contribution is -2.35. The second-order valence-corrected chi connectivity index (χ2v) is 7.02. The predicted molar refractivity (Wildman–Crippen MR) is 73.5 cm³/mol. The minimum Gasteiger partial charge on any atom is -0.392 e. The SMILES string of the molecule is CN(CC1CCCOC1)S(=O)(=O)c1ccc(CO)cn1. The zero-order valence-electron chi connectivity index (χ0n) is 11.5. The zero-order valence-corrected chi connectivity index (χ0v) is 12.3.